The minimum absolute atomic E-state index is 0.0556. The number of para-hydroxylation sites is 1. The van der Waals surface area contributed by atoms with E-state index in [-0.39, 0.29) is 18.3 Å². The van der Waals surface area contributed by atoms with E-state index in [2.05, 4.69) is 15.6 Å². The van der Waals surface area contributed by atoms with Gasteiger partial charge in [0.25, 0.3) is 0 Å². The van der Waals surface area contributed by atoms with Crippen molar-refractivity contribution in [2.45, 2.75) is 6.92 Å². The van der Waals surface area contributed by atoms with E-state index in [9.17, 15) is 9.18 Å². The van der Waals surface area contributed by atoms with Crippen LogP contribution in [0.25, 0.3) is 5.69 Å². The van der Waals surface area contributed by atoms with Crippen LogP contribution in [0.5, 0.6) is 0 Å². The van der Waals surface area contributed by atoms with Crippen LogP contribution in [0.1, 0.15) is 5.69 Å². The first-order valence-corrected chi connectivity index (χ1v) is 6.37. The van der Waals surface area contributed by atoms with E-state index in [0.717, 1.165) is 0 Å². The summed E-state index contributed by atoms with van der Waals surface area (Å²) in [6.07, 6.45) is 0. The fourth-order valence-corrected chi connectivity index (χ4v) is 2.25. The summed E-state index contributed by atoms with van der Waals surface area (Å²) >= 11 is 0. The highest BCUT2D eigenvalue weighted by atomic mass is 19.1. The molecule has 0 spiro atoms. The maximum absolute atomic E-state index is 13.8. The molecule has 7 heteroatoms. The third kappa shape index (κ3) is 2.05. The second-order valence-corrected chi connectivity index (χ2v) is 4.58. The van der Waals surface area contributed by atoms with Crippen molar-refractivity contribution in [2.75, 3.05) is 24.5 Å². The first-order chi connectivity index (χ1) is 9.68. The highest BCUT2D eigenvalue weighted by Gasteiger charge is 2.25. The van der Waals surface area contributed by atoms with Crippen molar-refractivity contribution < 1.29 is 9.18 Å². The summed E-state index contributed by atoms with van der Waals surface area (Å²) in [6.45, 7) is 3.30. The lowest BCUT2D eigenvalue weighted by molar-refractivity contribution is -0.118. The summed E-state index contributed by atoms with van der Waals surface area (Å²) in [4.78, 5) is 13.5. The number of rotatable bonds is 2. The Kier molecular flexibility index (Phi) is 3.19. The van der Waals surface area contributed by atoms with Gasteiger partial charge in [-0.2, -0.15) is 0 Å². The first-order valence-electron chi connectivity index (χ1n) is 6.37. The number of hydrogen-bond donors (Lipinski definition) is 1. The molecule has 2 aromatic rings. The Bertz CT molecular complexity index is 654. The molecule has 2 heterocycles. The minimum Gasteiger partial charge on any atom is -0.307 e. The van der Waals surface area contributed by atoms with Gasteiger partial charge in [0.15, 0.2) is 5.82 Å². The second kappa shape index (κ2) is 5.01. The van der Waals surface area contributed by atoms with Crippen LogP contribution in [0, 0.1) is 12.7 Å². The van der Waals surface area contributed by atoms with Gasteiger partial charge in [0.1, 0.15) is 11.5 Å². The average molecular weight is 275 g/mol. The maximum Gasteiger partial charge on any atom is 0.242 e. The zero-order valence-electron chi connectivity index (χ0n) is 11.0. The molecule has 1 fully saturated rings. The summed E-state index contributed by atoms with van der Waals surface area (Å²) in [5.41, 5.74) is 0.969. The van der Waals surface area contributed by atoms with Gasteiger partial charge in [-0.25, -0.2) is 9.07 Å². The minimum atomic E-state index is -0.376. The highest BCUT2D eigenvalue weighted by molar-refractivity contribution is 5.95. The number of aromatic nitrogens is 3. The third-order valence-corrected chi connectivity index (χ3v) is 3.30. The Morgan fingerprint density at radius 2 is 2.15 bits per heavy atom. The van der Waals surface area contributed by atoms with Crippen molar-refractivity contribution in [2.24, 2.45) is 0 Å². The lowest BCUT2D eigenvalue weighted by Crippen LogP contribution is -2.48. The predicted molar refractivity (Wildman–Crippen MR) is 71.3 cm³/mol. The van der Waals surface area contributed by atoms with Gasteiger partial charge in [0.2, 0.25) is 5.91 Å². The summed E-state index contributed by atoms with van der Waals surface area (Å²) in [5, 5.41) is 11.0. The van der Waals surface area contributed by atoms with Crippen molar-refractivity contribution in [3.8, 4) is 5.69 Å². The predicted octanol–water partition coefficient (Wildman–Crippen LogP) is 0.651. The van der Waals surface area contributed by atoms with Crippen molar-refractivity contribution in [1.82, 2.24) is 20.3 Å². The smallest absolute Gasteiger partial charge is 0.242 e. The fraction of sp³-hybridized carbons (Fsp3) is 0.308. The van der Waals surface area contributed by atoms with Crippen molar-refractivity contribution >= 4 is 11.7 Å². The molecule has 0 saturated carbocycles. The molecule has 1 aromatic carbocycles. The Morgan fingerprint density at radius 1 is 1.35 bits per heavy atom. The summed E-state index contributed by atoms with van der Waals surface area (Å²) < 4.78 is 15.2. The molecule has 1 aromatic heterocycles. The molecule has 1 amide bonds. The molecule has 1 N–H and O–H groups in total. The largest absolute Gasteiger partial charge is 0.307 e. The first kappa shape index (κ1) is 12.7. The SMILES string of the molecule is Cc1c(N2CCNCC2=O)nnn1-c1ccccc1F. The maximum atomic E-state index is 13.8. The molecule has 104 valence electrons. The van der Waals surface area contributed by atoms with Gasteiger partial charge in [-0.05, 0) is 19.1 Å². The van der Waals surface area contributed by atoms with E-state index < -0.39 is 0 Å². The molecule has 0 radical (unpaired) electrons. The van der Waals surface area contributed by atoms with E-state index in [1.54, 1.807) is 30.0 Å². The van der Waals surface area contributed by atoms with E-state index >= 15 is 0 Å². The lowest BCUT2D eigenvalue weighted by Gasteiger charge is -2.25. The van der Waals surface area contributed by atoms with E-state index in [4.69, 9.17) is 0 Å². The molecule has 1 aliphatic heterocycles. The molecule has 1 saturated heterocycles. The van der Waals surface area contributed by atoms with Gasteiger partial charge < -0.3 is 5.32 Å². The van der Waals surface area contributed by atoms with Crippen LogP contribution >= 0.6 is 0 Å². The molecule has 6 nitrogen and oxygen atoms in total. The van der Waals surface area contributed by atoms with Crippen molar-refractivity contribution in [1.29, 1.82) is 0 Å². The number of carbonyl (C=O) groups is 1. The molecule has 0 aliphatic carbocycles. The number of nitrogens with one attached hydrogen (secondary N) is 1. The van der Waals surface area contributed by atoms with Crippen LogP contribution in [0.15, 0.2) is 24.3 Å². The highest BCUT2D eigenvalue weighted by Crippen LogP contribution is 2.21. The van der Waals surface area contributed by atoms with Gasteiger partial charge in [0.05, 0.1) is 12.2 Å². The van der Waals surface area contributed by atoms with Gasteiger partial charge >= 0.3 is 0 Å². The number of carbonyl (C=O) groups excluding carboxylic acids is 1. The van der Waals surface area contributed by atoms with E-state index in [0.29, 0.717) is 30.3 Å². The molecule has 1 aliphatic rings. The molecule has 0 bridgehead atoms. The van der Waals surface area contributed by atoms with Gasteiger partial charge in [0, 0.05) is 13.1 Å². The van der Waals surface area contributed by atoms with Crippen LogP contribution < -0.4 is 10.2 Å². The number of amides is 1. The van der Waals surface area contributed by atoms with Crippen LogP contribution in [0.2, 0.25) is 0 Å². The summed E-state index contributed by atoms with van der Waals surface area (Å²) in [7, 11) is 0. The van der Waals surface area contributed by atoms with Crippen LogP contribution in [0.4, 0.5) is 10.2 Å². The Balaban J connectivity index is 2.01. The molecule has 0 atom stereocenters. The van der Waals surface area contributed by atoms with Crippen molar-refractivity contribution in [3.05, 3.63) is 35.8 Å². The monoisotopic (exact) mass is 275 g/mol. The summed E-state index contributed by atoms with van der Waals surface area (Å²) in [5.74, 6) is 0.0541. The molecule has 0 unspecified atom stereocenters. The third-order valence-electron chi connectivity index (χ3n) is 3.30. The standard InChI is InChI=1S/C13H14FN5O/c1-9-13(18-7-6-15-8-12(18)20)16-17-19(9)11-5-3-2-4-10(11)14/h2-5,15H,6-8H2,1H3. The second-order valence-electron chi connectivity index (χ2n) is 4.58. The summed E-state index contributed by atoms with van der Waals surface area (Å²) in [6, 6.07) is 6.34. The molecular weight excluding hydrogens is 261 g/mol. The number of anilines is 1. The number of benzene rings is 1. The molecular formula is C13H14FN5O. The van der Waals surface area contributed by atoms with Crippen LogP contribution in [-0.2, 0) is 4.79 Å². The number of hydrogen-bond acceptors (Lipinski definition) is 4. The normalized spacial score (nSPS) is 15.7. The average Bonchev–Trinajstić information content (AvgIpc) is 2.82. The zero-order chi connectivity index (χ0) is 14.1. The van der Waals surface area contributed by atoms with Crippen LogP contribution in [0.3, 0.4) is 0 Å². The molecule has 3 rings (SSSR count). The van der Waals surface area contributed by atoms with E-state index in [1.807, 2.05) is 0 Å². The molecule has 20 heavy (non-hydrogen) atoms. The fourth-order valence-electron chi connectivity index (χ4n) is 2.25. The Morgan fingerprint density at radius 3 is 2.90 bits per heavy atom. The van der Waals surface area contributed by atoms with Gasteiger partial charge in [-0.15, -0.1) is 5.10 Å². The Labute approximate surface area is 115 Å². The van der Waals surface area contributed by atoms with Crippen LogP contribution in [-0.4, -0.2) is 40.5 Å². The quantitative estimate of drug-likeness (QED) is 0.874. The van der Waals surface area contributed by atoms with E-state index in [1.165, 1.54) is 10.7 Å². The number of halogens is 1. The zero-order valence-corrected chi connectivity index (χ0v) is 11.0. The van der Waals surface area contributed by atoms with Gasteiger partial charge in [-0.1, -0.05) is 17.3 Å². The lowest BCUT2D eigenvalue weighted by atomic mass is 10.3. The Hall–Kier alpha value is -2.28. The van der Waals surface area contributed by atoms with Gasteiger partial charge in [-0.3, -0.25) is 9.69 Å². The van der Waals surface area contributed by atoms with Crippen molar-refractivity contribution in [3.63, 3.8) is 0 Å². The topological polar surface area (TPSA) is 63.1 Å². The number of nitrogens with zero attached hydrogens (tertiary/aromatic N) is 4. The number of piperazine rings is 1.